The molecule has 0 aliphatic rings. The van der Waals surface area contributed by atoms with Gasteiger partial charge in [-0.05, 0) is 17.5 Å². The van der Waals surface area contributed by atoms with Crippen molar-refractivity contribution in [2.24, 2.45) is 0 Å². The average molecular weight is 346 g/mol. The highest BCUT2D eigenvalue weighted by Gasteiger charge is 2.72. The Morgan fingerprint density at radius 3 is 1.91 bits per heavy atom. The zero-order valence-electron chi connectivity index (χ0n) is 12.6. The van der Waals surface area contributed by atoms with E-state index in [2.05, 4.69) is 0 Å². The van der Waals surface area contributed by atoms with E-state index < -0.39 is 30.5 Å². The van der Waals surface area contributed by atoms with Crippen LogP contribution in [0.5, 0.6) is 0 Å². The fourth-order valence-electron chi connectivity index (χ4n) is 2.31. The van der Waals surface area contributed by atoms with Gasteiger partial charge < -0.3 is 4.74 Å². The smallest absolute Gasteiger partial charge is 0.377 e. The maximum Gasteiger partial charge on any atom is 0.431 e. The van der Waals surface area contributed by atoms with Crippen molar-refractivity contribution in [3.05, 3.63) is 35.4 Å². The summed E-state index contributed by atoms with van der Waals surface area (Å²) in [6.07, 6.45) is -14.6. The Kier molecular flexibility index (Phi) is 6.06. The van der Waals surface area contributed by atoms with Crippen molar-refractivity contribution >= 4 is 0 Å². The molecular formula is C15H17F7O. The highest BCUT2D eigenvalue weighted by Crippen LogP contribution is 2.51. The highest BCUT2D eigenvalue weighted by atomic mass is 19.4. The Bertz CT molecular complexity index is 493. The summed E-state index contributed by atoms with van der Waals surface area (Å²) in [5.41, 5.74) is -4.67. The van der Waals surface area contributed by atoms with Gasteiger partial charge in [0.2, 0.25) is 0 Å². The average Bonchev–Trinajstić information content (AvgIpc) is 2.43. The van der Waals surface area contributed by atoms with Crippen LogP contribution in [0.25, 0.3) is 0 Å². The zero-order chi connectivity index (χ0) is 17.9. The van der Waals surface area contributed by atoms with Gasteiger partial charge in [0.05, 0.1) is 6.10 Å². The maximum atomic E-state index is 13.9. The molecule has 8 heteroatoms. The lowest BCUT2D eigenvalue weighted by Gasteiger charge is -2.33. The van der Waals surface area contributed by atoms with Crippen LogP contribution in [0.4, 0.5) is 30.7 Å². The maximum absolute atomic E-state index is 13.9. The molecule has 0 saturated heterocycles. The van der Waals surface area contributed by atoms with Crippen molar-refractivity contribution in [3.8, 4) is 0 Å². The lowest BCUT2D eigenvalue weighted by atomic mass is 9.89. The van der Waals surface area contributed by atoms with Gasteiger partial charge in [-0.25, -0.2) is 4.39 Å². The first-order valence-corrected chi connectivity index (χ1v) is 6.91. The van der Waals surface area contributed by atoms with Gasteiger partial charge in [0.15, 0.2) is 0 Å². The standard InChI is InChI=1S/C15H17F7O/c1-3-6-10-7-4-5-8-11(10)12(23-2)9-13(16,14(17,18)19)15(20,21)22/h4-5,7-8,12H,3,6,9H2,1-2H3. The second-order valence-corrected chi connectivity index (χ2v) is 5.17. The monoisotopic (exact) mass is 346 g/mol. The molecule has 0 bridgehead atoms. The van der Waals surface area contributed by atoms with Gasteiger partial charge in [-0.3, -0.25) is 0 Å². The van der Waals surface area contributed by atoms with Crippen LogP contribution in [-0.4, -0.2) is 25.1 Å². The topological polar surface area (TPSA) is 9.23 Å². The van der Waals surface area contributed by atoms with Gasteiger partial charge in [0.1, 0.15) is 0 Å². The molecule has 132 valence electrons. The Hall–Kier alpha value is -1.31. The molecule has 0 spiro atoms. The Balaban J connectivity index is 3.26. The minimum absolute atomic E-state index is 0.132. The summed E-state index contributed by atoms with van der Waals surface area (Å²) in [7, 11) is 0.959. The van der Waals surface area contributed by atoms with Crippen LogP contribution < -0.4 is 0 Å². The summed E-state index contributed by atoms with van der Waals surface area (Å²) in [5.74, 6) is 0. The van der Waals surface area contributed by atoms with Crippen LogP contribution in [0.1, 0.15) is 37.0 Å². The lowest BCUT2D eigenvalue weighted by molar-refractivity contribution is -0.348. The predicted octanol–water partition coefficient (Wildman–Crippen LogP) is 5.55. The lowest BCUT2D eigenvalue weighted by Crippen LogP contribution is -2.54. The van der Waals surface area contributed by atoms with Gasteiger partial charge >= 0.3 is 18.0 Å². The minimum atomic E-state index is -6.08. The third kappa shape index (κ3) is 4.16. The van der Waals surface area contributed by atoms with Crippen molar-refractivity contribution in [1.29, 1.82) is 0 Å². The number of halogens is 7. The predicted molar refractivity (Wildman–Crippen MR) is 70.8 cm³/mol. The number of benzene rings is 1. The molecule has 0 aromatic heterocycles. The molecular weight excluding hydrogens is 329 g/mol. The normalized spacial score (nSPS) is 14.8. The first-order chi connectivity index (χ1) is 10.5. The summed E-state index contributed by atoms with van der Waals surface area (Å²) < 4.78 is 94.9. The highest BCUT2D eigenvalue weighted by molar-refractivity contribution is 5.30. The first-order valence-electron chi connectivity index (χ1n) is 6.91. The van der Waals surface area contributed by atoms with Crippen LogP contribution in [-0.2, 0) is 11.2 Å². The minimum Gasteiger partial charge on any atom is -0.377 e. The molecule has 0 aliphatic heterocycles. The van der Waals surface area contributed by atoms with Crippen LogP contribution in [0.2, 0.25) is 0 Å². The molecule has 0 aliphatic carbocycles. The molecule has 23 heavy (non-hydrogen) atoms. The van der Waals surface area contributed by atoms with Gasteiger partial charge in [-0.15, -0.1) is 0 Å². The number of hydrogen-bond donors (Lipinski definition) is 0. The van der Waals surface area contributed by atoms with Crippen LogP contribution >= 0.6 is 0 Å². The molecule has 1 aromatic carbocycles. The molecule has 0 fully saturated rings. The van der Waals surface area contributed by atoms with E-state index in [1.165, 1.54) is 12.1 Å². The number of methoxy groups -OCH3 is 1. The molecule has 0 amide bonds. The molecule has 0 N–H and O–H groups in total. The number of rotatable bonds is 6. The van der Waals surface area contributed by atoms with Gasteiger partial charge in [0, 0.05) is 13.5 Å². The van der Waals surface area contributed by atoms with Crippen molar-refractivity contribution in [2.45, 2.75) is 50.3 Å². The Morgan fingerprint density at radius 2 is 1.48 bits per heavy atom. The second kappa shape index (κ2) is 7.07. The molecule has 1 aromatic rings. The van der Waals surface area contributed by atoms with Gasteiger partial charge in [-0.1, -0.05) is 37.6 Å². The number of aryl methyl sites for hydroxylation is 1. The summed E-state index contributed by atoms with van der Waals surface area (Å²) in [6.45, 7) is 1.81. The van der Waals surface area contributed by atoms with Crippen molar-refractivity contribution in [3.63, 3.8) is 0 Å². The second-order valence-electron chi connectivity index (χ2n) is 5.17. The Labute approximate surface area is 129 Å². The largest absolute Gasteiger partial charge is 0.431 e. The number of hydrogen-bond acceptors (Lipinski definition) is 1. The third-order valence-electron chi connectivity index (χ3n) is 3.57. The van der Waals surface area contributed by atoms with Crippen LogP contribution in [0.3, 0.4) is 0 Å². The summed E-state index contributed by atoms with van der Waals surface area (Å²) in [6, 6.07) is 6.00. The molecule has 1 nitrogen and oxygen atoms in total. The molecule has 1 unspecified atom stereocenters. The van der Waals surface area contributed by atoms with Gasteiger partial charge in [0.25, 0.3) is 0 Å². The fraction of sp³-hybridized carbons (Fsp3) is 0.600. The third-order valence-corrected chi connectivity index (χ3v) is 3.57. The SMILES string of the molecule is CCCc1ccccc1C(CC(F)(C(F)(F)F)C(F)(F)F)OC. The van der Waals surface area contributed by atoms with Crippen molar-refractivity contribution in [2.75, 3.05) is 7.11 Å². The Morgan fingerprint density at radius 1 is 0.957 bits per heavy atom. The molecule has 1 atom stereocenters. The van der Waals surface area contributed by atoms with Crippen molar-refractivity contribution < 1.29 is 35.5 Å². The molecule has 0 heterocycles. The molecule has 1 rings (SSSR count). The van der Waals surface area contributed by atoms with E-state index in [0.29, 0.717) is 18.4 Å². The van der Waals surface area contributed by atoms with Gasteiger partial charge in [-0.2, -0.15) is 26.3 Å². The van der Waals surface area contributed by atoms with E-state index in [1.54, 1.807) is 12.1 Å². The fourth-order valence-corrected chi connectivity index (χ4v) is 2.31. The van der Waals surface area contributed by atoms with E-state index in [0.717, 1.165) is 7.11 Å². The van der Waals surface area contributed by atoms with E-state index in [9.17, 15) is 30.7 Å². The molecule has 0 saturated carbocycles. The summed E-state index contributed by atoms with van der Waals surface area (Å²) in [5, 5.41) is 0. The summed E-state index contributed by atoms with van der Waals surface area (Å²) >= 11 is 0. The van der Waals surface area contributed by atoms with E-state index >= 15 is 0 Å². The quantitative estimate of drug-likeness (QED) is 0.614. The van der Waals surface area contributed by atoms with Crippen molar-refractivity contribution in [1.82, 2.24) is 0 Å². The number of ether oxygens (including phenoxy) is 1. The van der Waals surface area contributed by atoms with Crippen LogP contribution in [0, 0.1) is 0 Å². The zero-order valence-corrected chi connectivity index (χ0v) is 12.6. The number of alkyl halides is 7. The van der Waals surface area contributed by atoms with E-state index in [-0.39, 0.29) is 5.56 Å². The van der Waals surface area contributed by atoms with Crippen LogP contribution in [0.15, 0.2) is 24.3 Å². The first kappa shape index (κ1) is 19.7. The molecule has 0 radical (unpaired) electrons. The summed E-state index contributed by atoms with van der Waals surface area (Å²) in [4.78, 5) is 0. The van der Waals surface area contributed by atoms with E-state index in [1.807, 2.05) is 6.92 Å². The van der Waals surface area contributed by atoms with E-state index in [4.69, 9.17) is 4.74 Å².